The molecule has 0 atom stereocenters. The summed E-state index contributed by atoms with van der Waals surface area (Å²) in [6.45, 7) is 1.10. The molecule has 2 N–H and O–H groups in total. The van der Waals surface area contributed by atoms with Crippen LogP contribution in [0.3, 0.4) is 0 Å². The van der Waals surface area contributed by atoms with Gasteiger partial charge in [0.05, 0.1) is 0 Å². The van der Waals surface area contributed by atoms with Crippen LogP contribution >= 0.6 is 0 Å². The van der Waals surface area contributed by atoms with Crippen molar-refractivity contribution in [3.63, 3.8) is 0 Å². The van der Waals surface area contributed by atoms with E-state index in [-0.39, 0.29) is 29.6 Å². The molecular formula is C20H33N3O3. The normalized spacial score (nSPS) is 24.3. The molecule has 26 heavy (non-hydrogen) atoms. The number of amides is 3. The Labute approximate surface area is 156 Å². The Hall–Kier alpha value is -1.59. The van der Waals surface area contributed by atoms with E-state index in [1.54, 1.807) is 7.05 Å². The summed E-state index contributed by atoms with van der Waals surface area (Å²) in [4.78, 5) is 39.9. The quantitative estimate of drug-likeness (QED) is 0.802. The molecule has 3 fully saturated rings. The van der Waals surface area contributed by atoms with Crippen molar-refractivity contribution in [1.82, 2.24) is 15.5 Å². The van der Waals surface area contributed by atoms with Crippen molar-refractivity contribution in [2.75, 3.05) is 20.1 Å². The number of hydrogen-bond acceptors (Lipinski definition) is 3. The number of carbonyl (C=O) groups excluding carboxylic acids is 3. The molecule has 1 heterocycles. The van der Waals surface area contributed by atoms with Gasteiger partial charge < -0.3 is 15.5 Å². The van der Waals surface area contributed by atoms with Crippen LogP contribution in [0, 0.1) is 11.8 Å². The lowest BCUT2D eigenvalue weighted by atomic mass is 9.83. The molecule has 146 valence electrons. The lowest BCUT2D eigenvalue weighted by Crippen LogP contribution is -2.64. The second-order valence-corrected chi connectivity index (χ2v) is 8.29. The Morgan fingerprint density at radius 2 is 1.38 bits per heavy atom. The summed E-state index contributed by atoms with van der Waals surface area (Å²) in [5.41, 5.74) is -0.863. The predicted octanol–water partition coefficient (Wildman–Crippen LogP) is 1.98. The van der Waals surface area contributed by atoms with E-state index < -0.39 is 5.54 Å². The molecule has 6 nitrogen and oxygen atoms in total. The van der Waals surface area contributed by atoms with Crippen LogP contribution in [-0.4, -0.2) is 48.3 Å². The van der Waals surface area contributed by atoms with Crippen LogP contribution in [0.2, 0.25) is 0 Å². The zero-order valence-electron chi connectivity index (χ0n) is 16.0. The molecule has 0 aromatic carbocycles. The first-order valence-corrected chi connectivity index (χ1v) is 10.4. The average Bonchev–Trinajstić information content (AvgIpc) is 3.23. The molecule has 6 heteroatoms. The lowest BCUT2D eigenvalue weighted by Gasteiger charge is -2.42. The van der Waals surface area contributed by atoms with Gasteiger partial charge in [0.2, 0.25) is 17.7 Å². The van der Waals surface area contributed by atoms with E-state index in [1.807, 2.05) is 4.90 Å². The fourth-order valence-electron chi connectivity index (χ4n) is 4.89. The number of piperidine rings is 1. The summed E-state index contributed by atoms with van der Waals surface area (Å²) in [6.07, 6.45) is 10.5. The van der Waals surface area contributed by atoms with Crippen molar-refractivity contribution in [2.45, 2.75) is 76.2 Å². The molecule has 0 aromatic rings. The SMILES string of the molecule is CNC(=O)C1(NC(=O)C2CCCC2)CCN(C(=O)C2CCCCC2)CC1. The average molecular weight is 364 g/mol. The number of nitrogens with zero attached hydrogens (tertiary/aromatic N) is 1. The highest BCUT2D eigenvalue weighted by atomic mass is 16.2. The van der Waals surface area contributed by atoms with Gasteiger partial charge in [-0.1, -0.05) is 32.1 Å². The van der Waals surface area contributed by atoms with Crippen LogP contribution < -0.4 is 10.6 Å². The van der Waals surface area contributed by atoms with Gasteiger partial charge in [0.15, 0.2) is 0 Å². The van der Waals surface area contributed by atoms with E-state index in [2.05, 4.69) is 10.6 Å². The first kappa shape index (κ1) is 19.2. The third-order valence-electron chi connectivity index (χ3n) is 6.63. The summed E-state index contributed by atoms with van der Waals surface area (Å²) in [5.74, 6) is 0.326. The third kappa shape index (κ3) is 4.04. The van der Waals surface area contributed by atoms with E-state index in [1.165, 1.54) is 6.42 Å². The summed E-state index contributed by atoms with van der Waals surface area (Å²) in [6, 6.07) is 0. The van der Waals surface area contributed by atoms with Gasteiger partial charge in [0.25, 0.3) is 0 Å². The van der Waals surface area contributed by atoms with Gasteiger partial charge in [-0.3, -0.25) is 14.4 Å². The van der Waals surface area contributed by atoms with Gasteiger partial charge in [-0.2, -0.15) is 0 Å². The maximum absolute atomic E-state index is 12.8. The Balaban J connectivity index is 1.62. The second-order valence-electron chi connectivity index (χ2n) is 8.29. The summed E-state index contributed by atoms with van der Waals surface area (Å²) < 4.78 is 0. The maximum Gasteiger partial charge on any atom is 0.245 e. The molecule has 0 aromatic heterocycles. The van der Waals surface area contributed by atoms with Crippen molar-refractivity contribution < 1.29 is 14.4 Å². The topological polar surface area (TPSA) is 78.5 Å². The number of carbonyl (C=O) groups is 3. The zero-order chi connectivity index (χ0) is 18.6. The Morgan fingerprint density at radius 1 is 0.846 bits per heavy atom. The molecule has 0 unspecified atom stereocenters. The van der Waals surface area contributed by atoms with Crippen molar-refractivity contribution in [2.24, 2.45) is 11.8 Å². The highest BCUT2D eigenvalue weighted by Crippen LogP contribution is 2.31. The van der Waals surface area contributed by atoms with Crippen LogP contribution in [0.15, 0.2) is 0 Å². The molecule has 2 aliphatic carbocycles. The highest BCUT2D eigenvalue weighted by Gasteiger charge is 2.44. The van der Waals surface area contributed by atoms with Gasteiger partial charge in [-0.15, -0.1) is 0 Å². The third-order valence-corrected chi connectivity index (χ3v) is 6.63. The van der Waals surface area contributed by atoms with Gasteiger partial charge in [0, 0.05) is 32.0 Å². The minimum atomic E-state index is -0.863. The van der Waals surface area contributed by atoms with E-state index in [9.17, 15) is 14.4 Å². The summed E-state index contributed by atoms with van der Waals surface area (Å²) in [7, 11) is 1.62. The number of rotatable bonds is 4. The molecular weight excluding hydrogens is 330 g/mol. The zero-order valence-corrected chi connectivity index (χ0v) is 16.0. The molecule has 1 saturated heterocycles. The highest BCUT2D eigenvalue weighted by molar-refractivity contribution is 5.92. The fraction of sp³-hybridized carbons (Fsp3) is 0.850. The smallest absolute Gasteiger partial charge is 0.245 e. The van der Waals surface area contributed by atoms with E-state index in [4.69, 9.17) is 0 Å². The maximum atomic E-state index is 12.8. The van der Waals surface area contributed by atoms with E-state index in [0.29, 0.717) is 25.9 Å². The number of nitrogens with one attached hydrogen (secondary N) is 2. The Morgan fingerprint density at radius 3 is 1.96 bits per heavy atom. The van der Waals surface area contributed by atoms with Crippen molar-refractivity contribution in [3.05, 3.63) is 0 Å². The van der Waals surface area contributed by atoms with Crippen LogP contribution in [0.4, 0.5) is 0 Å². The molecule has 1 aliphatic heterocycles. The summed E-state index contributed by atoms with van der Waals surface area (Å²) in [5, 5.41) is 5.80. The van der Waals surface area contributed by atoms with Crippen molar-refractivity contribution >= 4 is 17.7 Å². The number of hydrogen-bond donors (Lipinski definition) is 2. The molecule has 0 bridgehead atoms. The van der Waals surface area contributed by atoms with Crippen LogP contribution in [0.1, 0.15) is 70.6 Å². The van der Waals surface area contributed by atoms with Crippen molar-refractivity contribution in [1.29, 1.82) is 0 Å². The van der Waals surface area contributed by atoms with E-state index >= 15 is 0 Å². The first-order valence-electron chi connectivity index (χ1n) is 10.4. The minimum absolute atomic E-state index is 0.0122. The molecule has 0 radical (unpaired) electrons. The number of likely N-dealkylation sites (N-methyl/N-ethyl adjacent to an activating group) is 1. The van der Waals surface area contributed by atoms with Crippen LogP contribution in [0.25, 0.3) is 0 Å². The fourth-order valence-corrected chi connectivity index (χ4v) is 4.89. The minimum Gasteiger partial charge on any atom is -0.357 e. The standard InChI is InChI=1S/C20H33N3O3/c1-21-19(26)20(22-17(24)15-7-5-6-8-15)11-13-23(14-12-20)18(25)16-9-3-2-4-10-16/h15-16H,2-14H2,1H3,(H,21,26)(H,22,24). The summed E-state index contributed by atoms with van der Waals surface area (Å²) >= 11 is 0. The van der Waals surface area contributed by atoms with Gasteiger partial charge in [-0.05, 0) is 38.5 Å². The van der Waals surface area contributed by atoms with Crippen LogP contribution in [-0.2, 0) is 14.4 Å². The molecule has 0 spiro atoms. The van der Waals surface area contributed by atoms with Gasteiger partial charge >= 0.3 is 0 Å². The second kappa shape index (κ2) is 8.40. The van der Waals surface area contributed by atoms with E-state index in [0.717, 1.165) is 51.4 Å². The van der Waals surface area contributed by atoms with Crippen molar-refractivity contribution in [3.8, 4) is 0 Å². The first-order chi connectivity index (χ1) is 12.6. The van der Waals surface area contributed by atoms with Gasteiger partial charge in [0.1, 0.15) is 5.54 Å². The molecule has 3 aliphatic rings. The monoisotopic (exact) mass is 363 g/mol. The predicted molar refractivity (Wildman–Crippen MR) is 99.3 cm³/mol. The Kier molecular flexibility index (Phi) is 6.20. The Bertz CT molecular complexity index is 528. The molecule has 3 amide bonds. The largest absolute Gasteiger partial charge is 0.357 e. The number of likely N-dealkylation sites (tertiary alicyclic amines) is 1. The lowest BCUT2D eigenvalue weighted by molar-refractivity contribution is -0.143. The molecule has 3 rings (SSSR count). The van der Waals surface area contributed by atoms with Crippen LogP contribution in [0.5, 0.6) is 0 Å². The molecule has 2 saturated carbocycles. The van der Waals surface area contributed by atoms with Gasteiger partial charge in [-0.25, -0.2) is 0 Å².